The first kappa shape index (κ1) is 14.2. The van der Waals surface area contributed by atoms with Crippen LogP contribution in [-0.2, 0) is 0 Å². The molecule has 0 aliphatic rings. The summed E-state index contributed by atoms with van der Waals surface area (Å²) in [6, 6.07) is 4.84. The molecule has 0 unspecified atom stereocenters. The third-order valence-corrected chi connectivity index (χ3v) is 3.95. The van der Waals surface area contributed by atoms with Crippen LogP contribution in [0.15, 0.2) is 18.2 Å². The number of halogens is 1. The maximum atomic E-state index is 11.1. The van der Waals surface area contributed by atoms with Crippen molar-refractivity contribution in [1.29, 1.82) is 0 Å². The van der Waals surface area contributed by atoms with Gasteiger partial charge in [-0.05, 0) is 38.3 Å². The van der Waals surface area contributed by atoms with E-state index in [2.05, 4.69) is 19.2 Å². The van der Waals surface area contributed by atoms with E-state index < -0.39 is 5.97 Å². The second-order valence-corrected chi connectivity index (χ2v) is 6.26. The van der Waals surface area contributed by atoms with E-state index in [9.17, 15) is 4.79 Å². The minimum Gasteiger partial charge on any atom is -0.478 e. The van der Waals surface area contributed by atoms with Crippen molar-refractivity contribution >= 4 is 35.0 Å². The molecule has 0 bridgehead atoms. The Hall–Kier alpha value is -0.870. The maximum absolute atomic E-state index is 11.1. The number of carbonyl (C=O) groups is 1. The van der Waals surface area contributed by atoms with Crippen LogP contribution in [0.5, 0.6) is 0 Å². The molecule has 17 heavy (non-hydrogen) atoms. The lowest BCUT2D eigenvalue weighted by Gasteiger charge is -2.23. The molecule has 1 aromatic rings. The van der Waals surface area contributed by atoms with E-state index in [1.807, 2.05) is 6.26 Å². The van der Waals surface area contributed by atoms with Crippen LogP contribution in [0.25, 0.3) is 0 Å². The lowest BCUT2D eigenvalue weighted by Crippen LogP contribution is -2.26. The Kier molecular flexibility index (Phi) is 4.71. The van der Waals surface area contributed by atoms with Gasteiger partial charge in [0.15, 0.2) is 0 Å². The highest BCUT2D eigenvalue weighted by atomic mass is 35.5. The largest absolute Gasteiger partial charge is 0.478 e. The molecule has 0 spiro atoms. The van der Waals surface area contributed by atoms with Gasteiger partial charge in [-0.15, -0.1) is 0 Å². The van der Waals surface area contributed by atoms with Crippen LogP contribution in [0.1, 0.15) is 24.2 Å². The van der Waals surface area contributed by atoms with Gasteiger partial charge in [0.2, 0.25) is 0 Å². The SMILES string of the molecule is CSC(C)(C)CNc1ccc(Cl)cc1C(=O)O. The fraction of sp³-hybridized carbons (Fsp3) is 0.417. The number of hydrogen-bond acceptors (Lipinski definition) is 3. The molecule has 1 aromatic carbocycles. The van der Waals surface area contributed by atoms with E-state index in [0.29, 0.717) is 17.3 Å². The molecule has 0 aromatic heterocycles. The summed E-state index contributed by atoms with van der Waals surface area (Å²) in [5.74, 6) is -0.975. The normalized spacial score (nSPS) is 11.3. The monoisotopic (exact) mass is 273 g/mol. The van der Waals surface area contributed by atoms with Gasteiger partial charge < -0.3 is 10.4 Å². The zero-order chi connectivity index (χ0) is 13.1. The molecule has 0 aliphatic carbocycles. The first-order valence-electron chi connectivity index (χ1n) is 5.17. The van der Waals surface area contributed by atoms with Gasteiger partial charge in [-0.25, -0.2) is 4.79 Å². The number of nitrogens with one attached hydrogen (secondary N) is 1. The molecule has 0 fully saturated rings. The highest BCUT2D eigenvalue weighted by Crippen LogP contribution is 2.25. The summed E-state index contributed by atoms with van der Waals surface area (Å²) >= 11 is 7.51. The number of thioether (sulfide) groups is 1. The average Bonchev–Trinajstić information content (AvgIpc) is 2.27. The van der Waals surface area contributed by atoms with E-state index in [0.717, 1.165) is 0 Å². The standard InChI is InChI=1S/C12H16ClNO2S/c1-12(2,17-3)7-14-10-5-4-8(13)6-9(10)11(15)16/h4-6,14H,7H2,1-3H3,(H,15,16). The molecule has 2 N–H and O–H groups in total. The Labute approximate surface area is 111 Å². The molecule has 0 radical (unpaired) electrons. The van der Waals surface area contributed by atoms with Gasteiger partial charge in [-0.3, -0.25) is 0 Å². The number of rotatable bonds is 5. The minimum atomic E-state index is -0.975. The van der Waals surface area contributed by atoms with Gasteiger partial charge in [-0.1, -0.05) is 11.6 Å². The molecule has 0 heterocycles. The van der Waals surface area contributed by atoms with Crippen molar-refractivity contribution in [2.45, 2.75) is 18.6 Å². The average molecular weight is 274 g/mol. The molecule has 5 heteroatoms. The van der Waals surface area contributed by atoms with E-state index in [4.69, 9.17) is 16.7 Å². The summed E-state index contributed by atoms with van der Waals surface area (Å²) in [6.07, 6.45) is 2.03. The second-order valence-electron chi connectivity index (χ2n) is 4.31. The maximum Gasteiger partial charge on any atom is 0.337 e. The molecule has 1 rings (SSSR count). The highest BCUT2D eigenvalue weighted by molar-refractivity contribution is 7.99. The molecule has 94 valence electrons. The fourth-order valence-electron chi connectivity index (χ4n) is 1.23. The quantitative estimate of drug-likeness (QED) is 0.861. The predicted molar refractivity (Wildman–Crippen MR) is 74.5 cm³/mol. The van der Waals surface area contributed by atoms with Crippen molar-refractivity contribution in [1.82, 2.24) is 0 Å². The Bertz CT molecular complexity index is 421. The van der Waals surface area contributed by atoms with Crippen LogP contribution in [0, 0.1) is 0 Å². The van der Waals surface area contributed by atoms with Crippen LogP contribution in [-0.4, -0.2) is 28.6 Å². The van der Waals surface area contributed by atoms with Gasteiger partial charge in [0, 0.05) is 22.0 Å². The van der Waals surface area contributed by atoms with Gasteiger partial charge >= 0.3 is 5.97 Å². The van der Waals surface area contributed by atoms with Gasteiger partial charge in [0.25, 0.3) is 0 Å². The first-order valence-corrected chi connectivity index (χ1v) is 6.78. The summed E-state index contributed by atoms with van der Waals surface area (Å²) in [5.41, 5.74) is 0.804. The third-order valence-electron chi connectivity index (χ3n) is 2.47. The van der Waals surface area contributed by atoms with Crippen molar-refractivity contribution < 1.29 is 9.90 Å². The minimum absolute atomic E-state index is 0.0510. The van der Waals surface area contributed by atoms with Crippen molar-refractivity contribution in [3.8, 4) is 0 Å². The number of hydrogen-bond donors (Lipinski definition) is 2. The van der Waals surface area contributed by atoms with Crippen LogP contribution in [0.4, 0.5) is 5.69 Å². The molecule has 0 atom stereocenters. The molecular formula is C12H16ClNO2S. The third kappa shape index (κ3) is 4.13. The Balaban J connectivity index is 2.88. The van der Waals surface area contributed by atoms with E-state index >= 15 is 0 Å². The van der Waals surface area contributed by atoms with Gasteiger partial charge in [-0.2, -0.15) is 11.8 Å². The van der Waals surface area contributed by atoms with Crippen LogP contribution in [0.2, 0.25) is 5.02 Å². The van der Waals surface area contributed by atoms with Crippen LogP contribution < -0.4 is 5.32 Å². The number of carboxylic acids is 1. The zero-order valence-corrected chi connectivity index (χ0v) is 11.7. The van der Waals surface area contributed by atoms with E-state index in [1.54, 1.807) is 23.9 Å². The molecule has 0 saturated heterocycles. The van der Waals surface area contributed by atoms with Gasteiger partial charge in [0.1, 0.15) is 0 Å². The van der Waals surface area contributed by atoms with Crippen LogP contribution in [0.3, 0.4) is 0 Å². The molecule has 0 aliphatic heterocycles. The zero-order valence-electron chi connectivity index (χ0n) is 10.1. The topological polar surface area (TPSA) is 49.3 Å². The van der Waals surface area contributed by atoms with Crippen molar-refractivity contribution in [3.63, 3.8) is 0 Å². The summed E-state index contributed by atoms with van der Waals surface area (Å²) < 4.78 is 0.0510. The number of aromatic carboxylic acids is 1. The molecule has 0 amide bonds. The lowest BCUT2D eigenvalue weighted by molar-refractivity contribution is 0.0698. The Morgan fingerprint density at radius 1 is 1.53 bits per heavy atom. The van der Waals surface area contributed by atoms with E-state index in [1.165, 1.54) is 6.07 Å². The summed E-state index contributed by atoms with van der Waals surface area (Å²) in [4.78, 5) is 11.1. The smallest absolute Gasteiger partial charge is 0.337 e. The summed E-state index contributed by atoms with van der Waals surface area (Å²) in [5, 5.41) is 12.7. The number of anilines is 1. The fourth-order valence-corrected chi connectivity index (χ4v) is 1.62. The molecule has 0 saturated carbocycles. The van der Waals surface area contributed by atoms with Gasteiger partial charge in [0.05, 0.1) is 5.56 Å². The molecular weight excluding hydrogens is 258 g/mol. The molecule has 3 nitrogen and oxygen atoms in total. The van der Waals surface area contributed by atoms with E-state index in [-0.39, 0.29) is 10.3 Å². The van der Waals surface area contributed by atoms with Crippen LogP contribution >= 0.6 is 23.4 Å². The predicted octanol–water partition coefficient (Wildman–Crippen LogP) is 3.59. The number of benzene rings is 1. The lowest BCUT2D eigenvalue weighted by atomic mass is 10.1. The van der Waals surface area contributed by atoms with Crippen molar-refractivity contribution in [2.75, 3.05) is 18.1 Å². The second kappa shape index (κ2) is 5.65. The number of carboxylic acid groups (broad SMARTS) is 1. The summed E-state index contributed by atoms with van der Waals surface area (Å²) in [6.45, 7) is 4.89. The van der Waals surface area contributed by atoms with Crippen molar-refractivity contribution in [3.05, 3.63) is 28.8 Å². The Morgan fingerprint density at radius 2 is 2.18 bits per heavy atom. The highest BCUT2D eigenvalue weighted by Gasteiger charge is 2.17. The Morgan fingerprint density at radius 3 is 2.71 bits per heavy atom. The van der Waals surface area contributed by atoms with Crippen molar-refractivity contribution in [2.24, 2.45) is 0 Å². The first-order chi connectivity index (χ1) is 7.85. The summed E-state index contributed by atoms with van der Waals surface area (Å²) in [7, 11) is 0.